The highest BCUT2D eigenvalue weighted by Crippen LogP contribution is 2.24. The molecule has 1 N–H and O–H groups in total. The van der Waals surface area contributed by atoms with Gasteiger partial charge in [0.2, 0.25) is 0 Å². The summed E-state index contributed by atoms with van der Waals surface area (Å²) in [5, 5.41) is 8.53. The van der Waals surface area contributed by atoms with Crippen LogP contribution in [0.1, 0.15) is 29.8 Å². The Kier molecular flexibility index (Phi) is 4.56. The van der Waals surface area contributed by atoms with E-state index in [-0.39, 0.29) is 6.04 Å². The molecule has 0 radical (unpaired) electrons. The van der Waals surface area contributed by atoms with Gasteiger partial charge in [0.05, 0.1) is 11.2 Å². The van der Waals surface area contributed by atoms with Crippen LogP contribution in [0.4, 0.5) is 0 Å². The van der Waals surface area contributed by atoms with Crippen molar-refractivity contribution in [2.24, 2.45) is 7.05 Å². The van der Waals surface area contributed by atoms with E-state index >= 15 is 0 Å². The Morgan fingerprint density at radius 2 is 2.21 bits per heavy atom. The molecule has 0 aliphatic heterocycles. The zero-order chi connectivity index (χ0) is 13.8. The Hall–Kier alpha value is -1.39. The predicted octanol–water partition coefficient (Wildman–Crippen LogP) is 2.67. The highest BCUT2D eigenvalue weighted by Gasteiger charge is 2.17. The fourth-order valence-corrected chi connectivity index (χ4v) is 2.38. The summed E-state index contributed by atoms with van der Waals surface area (Å²) >= 11 is 6.19. The average Bonchev–Trinajstić information content (AvgIpc) is 2.72. The fourth-order valence-electron chi connectivity index (χ4n) is 2.19. The van der Waals surface area contributed by atoms with E-state index in [9.17, 15) is 0 Å². The minimum absolute atomic E-state index is 0.221. The van der Waals surface area contributed by atoms with E-state index in [0.717, 1.165) is 18.5 Å². The van der Waals surface area contributed by atoms with E-state index in [4.69, 9.17) is 11.6 Å². The molecule has 0 saturated heterocycles. The molecule has 0 saturated carbocycles. The fraction of sp³-hybridized carbons (Fsp3) is 0.429. The lowest BCUT2D eigenvalue weighted by Crippen LogP contribution is -2.23. The number of likely N-dealkylation sites (N-methyl/N-ethyl adjacent to an activating group) is 1. The topological polar surface area (TPSA) is 42.7 Å². The SMILES string of the molecule is CCNC(Cc1ccncc1Cl)c1cnn(C)c1C. The maximum atomic E-state index is 6.19. The summed E-state index contributed by atoms with van der Waals surface area (Å²) in [6.45, 7) is 5.09. The Bertz CT molecular complexity index is 550. The van der Waals surface area contributed by atoms with Crippen LogP contribution in [0.2, 0.25) is 5.02 Å². The van der Waals surface area contributed by atoms with Gasteiger partial charge in [-0.3, -0.25) is 9.67 Å². The van der Waals surface area contributed by atoms with Gasteiger partial charge in [-0.1, -0.05) is 18.5 Å². The van der Waals surface area contributed by atoms with Crippen molar-refractivity contribution in [3.8, 4) is 0 Å². The molecule has 0 aromatic carbocycles. The van der Waals surface area contributed by atoms with Gasteiger partial charge in [0, 0.05) is 36.7 Å². The van der Waals surface area contributed by atoms with Crippen molar-refractivity contribution in [1.82, 2.24) is 20.1 Å². The first kappa shape index (κ1) is 14.0. The van der Waals surface area contributed by atoms with Gasteiger partial charge in [-0.15, -0.1) is 0 Å². The van der Waals surface area contributed by atoms with Crippen LogP contribution < -0.4 is 5.32 Å². The Balaban J connectivity index is 2.26. The second-order valence-electron chi connectivity index (χ2n) is 4.59. The van der Waals surface area contributed by atoms with Crippen molar-refractivity contribution in [3.05, 3.63) is 46.5 Å². The summed E-state index contributed by atoms with van der Waals surface area (Å²) in [5.41, 5.74) is 3.50. The summed E-state index contributed by atoms with van der Waals surface area (Å²) in [6.07, 6.45) is 6.23. The molecule has 2 rings (SSSR count). The number of rotatable bonds is 5. The number of hydrogen-bond donors (Lipinski definition) is 1. The van der Waals surface area contributed by atoms with Crippen LogP contribution in [0, 0.1) is 6.92 Å². The molecule has 1 atom stereocenters. The van der Waals surface area contributed by atoms with Gasteiger partial charge in [-0.05, 0) is 31.5 Å². The van der Waals surface area contributed by atoms with Crippen LogP contribution in [0.25, 0.3) is 0 Å². The van der Waals surface area contributed by atoms with E-state index in [1.165, 1.54) is 11.3 Å². The molecule has 5 heteroatoms. The molecular weight excluding hydrogens is 260 g/mol. The lowest BCUT2D eigenvalue weighted by atomic mass is 10.00. The van der Waals surface area contributed by atoms with Gasteiger partial charge < -0.3 is 5.32 Å². The molecule has 4 nitrogen and oxygen atoms in total. The van der Waals surface area contributed by atoms with E-state index in [1.54, 1.807) is 12.4 Å². The van der Waals surface area contributed by atoms with Gasteiger partial charge in [-0.25, -0.2) is 0 Å². The third kappa shape index (κ3) is 3.14. The third-order valence-electron chi connectivity index (χ3n) is 3.38. The molecule has 0 amide bonds. The smallest absolute Gasteiger partial charge is 0.0622 e. The van der Waals surface area contributed by atoms with Gasteiger partial charge >= 0.3 is 0 Å². The number of hydrogen-bond acceptors (Lipinski definition) is 3. The summed E-state index contributed by atoms with van der Waals surface area (Å²) in [5.74, 6) is 0. The van der Waals surface area contributed by atoms with Gasteiger partial charge in [-0.2, -0.15) is 5.10 Å². The van der Waals surface area contributed by atoms with Crippen molar-refractivity contribution < 1.29 is 0 Å². The molecule has 1 unspecified atom stereocenters. The zero-order valence-corrected chi connectivity index (χ0v) is 12.3. The van der Waals surface area contributed by atoms with Gasteiger partial charge in [0.25, 0.3) is 0 Å². The molecule has 0 bridgehead atoms. The predicted molar refractivity (Wildman–Crippen MR) is 77.3 cm³/mol. The van der Waals surface area contributed by atoms with Crippen LogP contribution in [0.3, 0.4) is 0 Å². The molecule has 0 aliphatic carbocycles. The molecule has 102 valence electrons. The minimum Gasteiger partial charge on any atom is -0.310 e. The maximum absolute atomic E-state index is 6.19. The quantitative estimate of drug-likeness (QED) is 0.914. The van der Waals surface area contributed by atoms with Crippen molar-refractivity contribution in [3.63, 3.8) is 0 Å². The van der Waals surface area contributed by atoms with Crippen LogP contribution in [-0.2, 0) is 13.5 Å². The molecule has 19 heavy (non-hydrogen) atoms. The molecular formula is C14H19ClN4. The normalized spacial score (nSPS) is 12.6. The van der Waals surface area contributed by atoms with Crippen LogP contribution in [-0.4, -0.2) is 21.3 Å². The third-order valence-corrected chi connectivity index (χ3v) is 3.72. The maximum Gasteiger partial charge on any atom is 0.0622 e. The van der Waals surface area contributed by atoms with E-state index in [2.05, 4.69) is 29.2 Å². The summed E-state index contributed by atoms with van der Waals surface area (Å²) in [7, 11) is 1.96. The van der Waals surface area contributed by atoms with E-state index in [0.29, 0.717) is 5.02 Å². The molecule has 2 aromatic heterocycles. The van der Waals surface area contributed by atoms with Crippen LogP contribution in [0.15, 0.2) is 24.7 Å². The summed E-state index contributed by atoms with van der Waals surface area (Å²) < 4.78 is 1.90. The van der Waals surface area contributed by atoms with Gasteiger partial charge in [0.15, 0.2) is 0 Å². The molecule has 0 fully saturated rings. The van der Waals surface area contributed by atoms with Crippen LogP contribution in [0.5, 0.6) is 0 Å². The summed E-state index contributed by atoms with van der Waals surface area (Å²) in [4.78, 5) is 4.02. The lowest BCUT2D eigenvalue weighted by Gasteiger charge is -2.18. The molecule has 0 aliphatic rings. The van der Waals surface area contributed by atoms with E-state index in [1.807, 2.05) is 24.0 Å². The average molecular weight is 279 g/mol. The number of nitrogens with zero attached hydrogens (tertiary/aromatic N) is 3. The second-order valence-corrected chi connectivity index (χ2v) is 5.00. The Labute approximate surface area is 118 Å². The lowest BCUT2D eigenvalue weighted by molar-refractivity contribution is 0.546. The Morgan fingerprint density at radius 1 is 1.42 bits per heavy atom. The highest BCUT2D eigenvalue weighted by molar-refractivity contribution is 6.31. The van der Waals surface area contributed by atoms with Crippen molar-refractivity contribution >= 4 is 11.6 Å². The Morgan fingerprint density at radius 3 is 2.79 bits per heavy atom. The zero-order valence-electron chi connectivity index (χ0n) is 11.5. The first-order valence-corrected chi connectivity index (χ1v) is 6.81. The van der Waals surface area contributed by atoms with Crippen LogP contribution >= 0.6 is 11.6 Å². The summed E-state index contributed by atoms with van der Waals surface area (Å²) in [6, 6.07) is 2.19. The second kappa shape index (κ2) is 6.17. The minimum atomic E-state index is 0.221. The molecule has 2 heterocycles. The van der Waals surface area contributed by atoms with Crippen molar-refractivity contribution in [2.75, 3.05) is 6.54 Å². The standard InChI is InChI=1S/C14H19ClN4/c1-4-17-14(12-8-18-19(3)10(12)2)7-11-5-6-16-9-13(11)15/h5-6,8-9,14,17H,4,7H2,1-3H3. The largest absolute Gasteiger partial charge is 0.310 e. The van der Waals surface area contributed by atoms with Crippen molar-refractivity contribution in [2.45, 2.75) is 26.3 Å². The number of aromatic nitrogens is 3. The number of aryl methyl sites for hydroxylation is 1. The number of pyridine rings is 1. The molecule has 0 spiro atoms. The van der Waals surface area contributed by atoms with Gasteiger partial charge in [0.1, 0.15) is 0 Å². The number of nitrogens with one attached hydrogen (secondary N) is 1. The van der Waals surface area contributed by atoms with Crippen molar-refractivity contribution in [1.29, 1.82) is 0 Å². The first-order chi connectivity index (χ1) is 9.13. The first-order valence-electron chi connectivity index (χ1n) is 6.43. The van der Waals surface area contributed by atoms with E-state index < -0.39 is 0 Å². The monoisotopic (exact) mass is 278 g/mol. The highest BCUT2D eigenvalue weighted by atomic mass is 35.5. The number of halogens is 1. The molecule has 2 aromatic rings.